The van der Waals surface area contributed by atoms with Gasteiger partial charge in [-0.15, -0.1) is 11.6 Å². The molecule has 0 aromatic heterocycles. The van der Waals surface area contributed by atoms with Crippen molar-refractivity contribution in [2.75, 3.05) is 32.0 Å². The van der Waals surface area contributed by atoms with Crippen LogP contribution in [0.2, 0.25) is 0 Å². The van der Waals surface area contributed by atoms with E-state index in [4.69, 9.17) is 21.1 Å². The van der Waals surface area contributed by atoms with Gasteiger partial charge in [0, 0.05) is 6.54 Å². The summed E-state index contributed by atoms with van der Waals surface area (Å²) in [6.45, 7) is 0.193. The third kappa shape index (κ3) is 3.40. The van der Waals surface area contributed by atoms with Crippen LogP contribution in [0.25, 0.3) is 0 Å². The van der Waals surface area contributed by atoms with Crippen LogP contribution < -0.4 is 14.8 Å². The number of benzene rings is 1. The first kappa shape index (κ1) is 15.3. The fraction of sp³-hybridized carbons (Fsp3) is 0.455. The van der Waals surface area contributed by atoms with Crippen molar-refractivity contribution < 1.29 is 19.0 Å². The molecule has 0 aliphatic heterocycles. The molecule has 1 aromatic rings. The summed E-state index contributed by atoms with van der Waals surface area (Å²) >= 11 is 8.67. The van der Waals surface area contributed by atoms with E-state index in [9.17, 15) is 9.50 Å². The van der Waals surface area contributed by atoms with Crippen LogP contribution in [0.1, 0.15) is 0 Å². The Labute approximate surface area is 118 Å². The third-order valence-electron chi connectivity index (χ3n) is 2.25. The Bertz CT molecular complexity index is 420. The Hall–Kier alpha value is -0.720. The summed E-state index contributed by atoms with van der Waals surface area (Å²) < 4.78 is 24.3. The van der Waals surface area contributed by atoms with Crippen LogP contribution >= 0.6 is 27.5 Å². The zero-order chi connectivity index (χ0) is 13.7. The first-order valence-electron chi connectivity index (χ1n) is 5.13. The highest BCUT2D eigenvalue weighted by molar-refractivity contribution is 9.10. The summed E-state index contributed by atoms with van der Waals surface area (Å²) in [7, 11) is 2.72. The molecule has 0 amide bonds. The number of nitrogens with one attached hydrogen (secondary N) is 1. The average Bonchev–Trinajstić information content (AvgIpc) is 2.36. The highest BCUT2D eigenvalue weighted by Gasteiger charge is 2.19. The lowest BCUT2D eigenvalue weighted by Gasteiger charge is -2.16. The quantitative estimate of drug-likeness (QED) is 0.780. The van der Waals surface area contributed by atoms with E-state index in [1.54, 1.807) is 6.07 Å². The second-order valence-corrected chi connectivity index (χ2v) is 4.64. The van der Waals surface area contributed by atoms with E-state index >= 15 is 0 Å². The molecule has 0 heterocycles. The van der Waals surface area contributed by atoms with Crippen LogP contribution in [-0.2, 0) is 0 Å². The number of methoxy groups -OCH3 is 2. The highest BCUT2D eigenvalue weighted by Crippen LogP contribution is 2.40. The van der Waals surface area contributed by atoms with Gasteiger partial charge >= 0.3 is 0 Å². The minimum Gasteiger partial charge on any atom is -0.492 e. The average molecular weight is 343 g/mol. The summed E-state index contributed by atoms with van der Waals surface area (Å²) in [6.07, 6.45) is -0.722. The zero-order valence-corrected chi connectivity index (χ0v) is 12.3. The topological polar surface area (TPSA) is 50.7 Å². The Balaban J connectivity index is 3.04. The molecule has 0 spiro atoms. The van der Waals surface area contributed by atoms with Crippen molar-refractivity contribution in [2.24, 2.45) is 0 Å². The smallest absolute Gasteiger partial charge is 0.210 e. The Morgan fingerprint density at radius 2 is 2.06 bits per heavy atom. The predicted octanol–water partition coefficient (Wildman–Crippen LogP) is 2.62. The van der Waals surface area contributed by atoms with Crippen LogP contribution in [0.3, 0.4) is 0 Å². The number of hydrogen-bond donors (Lipinski definition) is 2. The lowest BCUT2D eigenvalue weighted by Crippen LogP contribution is -2.21. The Morgan fingerprint density at radius 3 is 2.56 bits per heavy atom. The first-order chi connectivity index (χ1) is 8.54. The number of rotatable bonds is 6. The molecule has 0 bridgehead atoms. The first-order valence-corrected chi connectivity index (χ1v) is 6.45. The summed E-state index contributed by atoms with van der Waals surface area (Å²) in [5.74, 6) is -0.431. The third-order valence-corrected chi connectivity index (χ3v) is 3.19. The van der Waals surface area contributed by atoms with Gasteiger partial charge in [-0.3, -0.25) is 0 Å². The second-order valence-electron chi connectivity index (χ2n) is 3.48. The van der Waals surface area contributed by atoms with Crippen molar-refractivity contribution in [2.45, 2.75) is 6.10 Å². The molecule has 1 unspecified atom stereocenters. The summed E-state index contributed by atoms with van der Waals surface area (Å²) in [6, 6.07) is 1.61. The highest BCUT2D eigenvalue weighted by atomic mass is 79.9. The molecule has 2 N–H and O–H groups in total. The van der Waals surface area contributed by atoms with Crippen molar-refractivity contribution >= 4 is 33.2 Å². The van der Waals surface area contributed by atoms with Gasteiger partial charge in [0.15, 0.2) is 11.5 Å². The largest absolute Gasteiger partial charge is 0.492 e. The number of alkyl halides is 1. The van der Waals surface area contributed by atoms with Crippen molar-refractivity contribution in [1.82, 2.24) is 0 Å². The molecule has 0 saturated carbocycles. The molecule has 4 nitrogen and oxygen atoms in total. The van der Waals surface area contributed by atoms with Gasteiger partial charge < -0.3 is 19.9 Å². The monoisotopic (exact) mass is 341 g/mol. The number of hydrogen-bond acceptors (Lipinski definition) is 4. The second kappa shape index (κ2) is 7.01. The number of halogens is 3. The van der Waals surface area contributed by atoms with E-state index in [1.165, 1.54) is 14.2 Å². The van der Waals surface area contributed by atoms with Crippen LogP contribution in [0, 0.1) is 5.82 Å². The molecule has 1 rings (SSSR count). The summed E-state index contributed by atoms with van der Waals surface area (Å²) in [4.78, 5) is 0. The van der Waals surface area contributed by atoms with Crippen LogP contribution in [0.4, 0.5) is 10.1 Å². The number of anilines is 1. The maximum Gasteiger partial charge on any atom is 0.210 e. The molecule has 1 aromatic carbocycles. The van der Waals surface area contributed by atoms with Gasteiger partial charge in [-0.2, -0.15) is 4.39 Å². The fourth-order valence-corrected chi connectivity index (χ4v) is 2.06. The van der Waals surface area contributed by atoms with Crippen LogP contribution in [-0.4, -0.2) is 37.9 Å². The molecule has 0 aliphatic carbocycles. The van der Waals surface area contributed by atoms with Gasteiger partial charge in [0.05, 0.1) is 36.4 Å². The molecular formula is C11H14BrClFNO3. The lowest BCUT2D eigenvalue weighted by atomic mass is 10.2. The maximum atomic E-state index is 14.0. The van der Waals surface area contributed by atoms with E-state index in [0.717, 1.165) is 0 Å². The van der Waals surface area contributed by atoms with Crippen LogP contribution in [0.5, 0.6) is 11.5 Å². The predicted molar refractivity (Wildman–Crippen MR) is 72.4 cm³/mol. The van der Waals surface area contributed by atoms with Gasteiger partial charge in [0.1, 0.15) is 0 Å². The van der Waals surface area contributed by atoms with Crippen molar-refractivity contribution in [1.29, 1.82) is 0 Å². The SMILES string of the molecule is COc1c(Br)cc(NCC(O)CCl)c(OC)c1F. The van der Waals surface area contributed by atoms with Gasteiger partial charge in [0.25, 0.3) is 0 Å². The molecule has 18 heavy (non-hydrogen) atoms. The molecular weight excluding hydrogens is 328 g/mol. The molecule has 1 atom stereocenters. The van der Waals surface area contributed by atoms with Gasteiger partial charge in [0.2, 0.25) is 5.82 Å². The maximum absolute atomic E-state index is 14.0. The van der Waals surface area contributed by atoms with Gasteiger partial charge in [-0.1, -0.05) is 0 Å². The summed E-state index contributed by atoms with van der Waals surface area (Å²) in [5.41, 5.74) is 0.409. The van der Waals surface area contributed by atoms with Gasteiger partial charge in [-0.25, -0.2) is 0 Å². The van der Waals surface area contributed by atoms with Crippen molar-refractivity contribution in [3.05, 3.63) is 16.4 Å². The number of ether oxygens (including phenoxy) is 2. The normalized spacial score (nSPS) is 12.1. The Morgan fingerprint density at radius 1 is 1.44 bits per heavy atom. The molecule has 7 heteroatoms. The van der Waals surface area contributed by atoms with Gasteiger partial charge in [-0.05, 0) is 22.0 Å². The molecule has 102 valence electrons. The van der Waals surface area contributed by atoms with Crippen LogP contribution in [0.15, 0.2) is 10.5 Å². The molecule has 0 aliphatic rings. The number of aliphatic hydroxyl groups excluding tert-OH is 1. The molecule has 0 radical (unpaired) electrons. The minimum atomic E-state index is -0.722. The number of aliphatic hydroxyl groups is 1. The van der Waals surface area contributed by atoms with Crippen molar-refractivity contribution in [3.8, 4) is 11.5 Å². The summed E-state index contributed by atoms with van der Waals surface area (Å²) in [5, 5.41) is 12.2. The van der Waals surface area contributed by atoms with E-state index in [0.29, 0.717) is 10.2 Å². The van der Waals surface area contributed by atoms with Crippen molar-refractivity contribution in [3.63, 3.8) is 0 Å². The van der Waals surface area contributed by atoms with E-state index in [1.807, 2.05) is 0 Å². The van der Waals surface area contributed by atoms with E-state index in [2.05, 4.69) is 21.2 Å². The minimum absolute atomic E-state index is 0.0248. The Kier molecular flexibility index (Phi) is 5.98. The zero-order valence-electron chi connectivity index (χ0n) is 9.97. The standard InChI is InChI=1S/C11H14BrClFNO3/c1-17-10-7(12)3-8(11(18-2)9(10)14)15-5-6(16)4-13/h3,6,15-16H,4-5H2,1-2H3. The molecule has 0 saturated heterocycles. The van der Waals surface area contributed by atoms with E-state index in [-0.39, 0.29) is 23.9 Å². The lowest BCUT2D eigenvalue weighted by molar-refractivity contribution is 0.211. The molecule has 0 fully saturated rings. The van der Waals surface area contributed by atoms with E-state index < -0.39 is 11.9 Å². The fourth-order valence-electron chi connectivity index (χ4n) is 1.38.